The maximum Gasteiger partial charge on any atom is 0.0795 e. The molecule has 3 nitrogen and oxygen atoms in total. The average Bonchev–Trinajstić information content (AvgIpc) is 3.84. The van der Waals surface area contributed by atoms with Crippen molar-refractivity contribution >= 4 is 66.6 Å². The summed E-state index contributed by atoms with van der Waals surface area (Å²) in [6.45, 7) is 18.4. The molecule has 0 spiro atoms. The summed E-state index contributed by atoms with van der Waals surface area (Å²) in [4.78, 5) is 9.99. The molecule has 0 saturated carbocycles. The molecule has 62 heavy (non-hydrogen) atoms. The molecule has 0 aliphatic heterocycles. The maximum atomic E-state index is 5.32. The fourth-order valence-electron chi connectivity index (χ4n) is 8.41. The van der Waals surface area contributed by atoms with E-state index in [0.717, 1.165) is 33.7 Å². The molecule has 0 amide bonds. The zero-order valence-corrected chi connectivity index (χ0v) is 40.9. The van der Waals surface area contributed by atoms with E-state index in [1.54, 1.807) is 0 Å². The zero-order valence-electron chi connectivity index (χ0n) is 36.7. The van der Waals surface area contributed by atoms with Crippen LogP contribution in [-0.2, 0) is 20.1 Å². The van der Waals surface area contributed by atoms with Crippen LogP contribution in [0.15, 0.2) is 152 Å². The van der Waals surface area contributed by atoms with Crippen LogP contribution in [0.1, 0.15) is 56.2 Å². The Morgan fingerprint density at radius 2 is 1.31 bits per heavy atom. The van der Waals surface area contributed by atoms with E-state index in [1.165, 1.54) is 69.6 Å². The summed E-state index contributed by atoms with van der Waals surface area (Å²) in [6, 6.07) is 58.9. The van der Waals surface area contributed by atoms with Crippen LogP contribution in [0.2, 0.25) is 19.6 Å². The molecule has 0 aliphatic carbocycles. The average molecular weight is 1020 g/mol. The van der Waals surface area contributed by atoms with Crippen molar-refractivity contribution in [3.05, 3.63) is 181 Å². The van der Waals surface area contributed by atoms with Crippen molar-refractivity contribution in [2.45, 2.75) is 66.1 Å². The topological polar surface area (TPSA) is 30.7 Å². The third kappa shape index (κ3) is 8.25. The van der Waals surface area contributed by atoms with Crippen molar-refractivity contribution in [3.8, 4) is 39.5 Å². The Balaban J connectivity index is 0.000000212. The second-order valence-corrected chi connectivity index (χ2v) is 23.9. The van der Waals surface area contributed by atoms with E-state index in [1.807, 2.05) is 23.6 Å². The van der Waals surface area contributed by atoms with Crippen molar-refractivity contribution in [2.24, 2.45) is 0 Å². The number of aromatic nitrogens is 3. The number of hydrogen-bond donors (Lipinski definition) is 0. The smallest absolute Gasteiger partial charge is 0.0795 e. The van der Waals surface area contributed by atoms with Gasteiger partial charge >= 0.3 is 0 Å². The number of rotatable bonds is 7. The molecule has 6 heteroatoms. The summed E-state index contributed by atoms with van der Waals surface area (Å²) in [6.07, 6.45) is 2.04. The third-order valence-corrected chi connectivity index (χ3v) is 14.9. The molecule has 10 rings (SSSR count). The maximum absolute atomic E-state index is 5.32. The molecular weight excluding hydrogens is 967 g/mol. The Bertz CT molecular complexity index is 3160. The van der Waals surface area contributed by atoms with Crippen molar-refractivity contribution in [2.75, 3.05) is 0 Å². The molecule has 0 saturated heterocycles. The number of thiophene rings is 1. The monoisotopic (exact) mass is 1020 g/mol. The minimum absolute atomic E-state index is 0. The van der Waals surface area contributed by atoms with Crippen molar-refractivity contribution in [1.82, 2.24) is 14.5 Å². The van der Waals surface area contributed by atoms with Gasteiger partial charge in [0.2, 0.25) is 0 Å². The van der Waals surface area contributed by atoms with Gasteiger partial charge in [-0.2, -0.15) is 11.3 Å². The molecular formula is C56H51IrN3SSi-2. The molecule has 311 valence electrons. The number of imidazole rings is 1. The van der Waals surface area contributed by atoms with E-state index in [-0.39, 0.29) is 20.1 Å². The minimum Gasteiger partial charge on any atom is -0.333 e. The van der Waals surface area contributed by atoms with Gasteiger partial charge in [0, 0.05) is 36.7 Å². The molecule has 0 fully saturated rings. The quantitative estimate of drug-likeness (QED) is 0.118. The standard InChI is InChI=1S/C38H33N2S.C18H18NSi.Ir/c1-23(2)31-21-27(26-12-7-6-8-13-26)22-32(24(3)4)36(31)40-34-17-10-9-16-33(34)39-38(40)30-15-11-14-29-28-19-18-25(5)20-35(28)41-37(29)30;1-20(2,3)15-11-12-18(19-13-15)17-10-6-8-14-7-4-5-9-16(14)17;/h6-14,16-24H,1-5H3;4-9,11-13H,1-3H3;/q2*-1;. The molecule has 3 heterocycles. The van der Waals surface area contributed by atoms with Crippen LogP contribution in [0.3, 0.4) is 0 Å². The molecule has 7 aromatic carbocycles. The van der Waals surface area contributed by atoms with Crippen molar-refractivity contribution in [1.29, 1.82) is 0 Å². The fraction of sp³-hybridized carbons (Fsp3) is 0.179. The molecule has 0 atom stereocenters. The van der Waals surface area contributed by atoms with Gasteiger partial charge < -0.3 is 9.55 Å². The normalized spacial score (nSPS) is 11.7. The van der Waals surface area contributed by atoms with Gasteiger partial charge in [0.05, 0.1) is 24.9 Å². The summed E-state index contributed by atoms with van der Waals surface area (Å²) in [5, 5.41) is 6.40. The summed E-state index contributed by atoms with van der Waals surface area (Å²) < 4.78 is 4.97. The first-order valence-corrected chi connectivity index (χ1v) is 25.7. The van der Waals surface area contributed by atoms with Gasteiger partial charge in [-0.25, -0.2) is 0 Å². The molecule has 0 aliphatic rings. The van der Waals surface area contributed by atoms with E-state index in [4.69, 9.17) is 4.98 Å². The van der Waals surface area contributed by atoms with Crippen molar-refractivity contribution < 1.29 is 20.1 Å². The zero-order chi connectivity index (χ0) is 42.4. The first-order chi connectivity index (χ1) is 29.5. The number of benzene rings is 7. The Morgan fingerprint density at radius 1 is 0.629 bits per heavy atom. The van der Waals surface area contributed by atoms with Crippen LogP contribution < -0.4 is 5.19 Å². The summed E-state index contributed by atoms with van der Waals surface area (Å²) in [7, 11) is -1.28. The molecule has 3 aromatic heterocycles. The number of para-hydroxylation sites is 2. The van der Waals surface area contributed by atoms with E-state index in [2.05, 4.69) is 215 Å². The van der Waals surface area contributed by atoms with E-state index in [9.17, 15) is 0 Å². The number of hydrogen-bond acceptors (Lipinski definition) is 3. The largest absolute Gasteiger partial charge is 0.333 e. The first kappa shape index (κ1) is 43.2. The number of pyridine rings is 1. The van der Waals surface area contributed by atoms with Crippen LogP contribution in [0.4, 0.5) is 0 Å². The number of nitrogens with zero attached hydrogens (tertiary/aromatic N) is 3. The third-order valence-electron chi connectivity index (χ3n) is 11.7. The Labute approximate surface area is 384 Å². The second kappa shape index (κ2) is 17.7. The van der Waals surface area contributed by atoms with Crippen LogP contribution in [-0.4, -0.2) is 22.6 Å². The molecule has 0 N–H and O–H groups in total. The number of fused-ring (bicyclic) bond motifs is 5. The van der Waals surface area contributed by atoms with Crippen LogP contribution in [0, 0.1) is 19.1 Å². The minimum atomic E-state index is -1.28. The summed E-state index contributed by atoms with van der Waals surface area (Å²) in [5.41, 5.74) is 13.0. The predicted octanol–water partition coefficient (Wildman–Crippen LogP) is 15.3. The predicted molar refractivity (Wildman–Crippen MR) is 266 cm³/mol. The SMILES string of the molecule is C[Si](C)(C)c1ccc(-c2[c-]ccc3ccccc23)nc1.Cc1ccc2c(c1)sc1c(-c3nc4ccccc4n3-c3c(C(C)C)cc(-c4ccccc4)cc3C(C)C)[c-]ccc12.[Ir]. The molecule has 0 bridgehead atoms. The van der Waals surface area contributed by atoms with Gasteiger partial charge in [-0.05, 0) is 97.9 Å². The fourth-order valence-corrected chi connectivity index (χ4v) is 10.7. The van der Waals surface area contributed by atoms with Gasteiger partial charge in [0.25, 0.3) is 0 Å². The van der Waals surface area contributed by atoms with Crippen LogP contribution in [0.5, 0.6) is 0 Å². The summed E-state index contributed by atoms with van der Waals surface area (Å²) in [5.74, 6) is 1.61. The molecule has 10 aromatic rings. The van der Waals surface area contributed by atoms with Gasteiger partial charge in [-0.3, -0.25) is 4.98 Å². The van der Waals surface area contributed by atoms with Crippen LogP contribution >= 0.6 is 11.3 Å². The van der Waals surface area contributed by atoms with Gasteiger partial charge in [0.1, 0.15) is 0 Å². The Kier molecular flexibility index (Phi) is 12.3. The second-order valence-electron chi connectivity index (χ2n) is 17.8. The van der Waals surface area contributed by atoms with E-state index >= 15 is 0 Å². The summed E-state index contributed by atoms with van der Waals surface area (Å²) >= 11 is 1.85. The molecule has 0 unspecified atom stereocenters. The van der Waals surface area contributed by atoms with Crippen molar-refractivity contribution in [3.63, 3.8) is 0 Å². The van der Waals surface area contributed by atoms with Crippen LogP contribution in [0.25, 0.3) is 81.4 Å². The van der Waals surface area contributed by atoms with Gasteiger partial charge in [0.15, 0.2) is 0 Å². The van der Waals surface area contributed by atoms with E-state index in [0.29, 0.717) is 11.8 Å². The number of aryl methyl sites for hydroxylation is 1. The first-order valence-electron chi connectivity index (χ1n) is 21.4. The Morgan fingerprint density at radius 3 is 2.02 bits per heavy atom. The molecule has 1 radical (unpaired) electrons. The van der Waals surface area contributed by atoms with E-state index < -0.39 is 8.07 Å². The Hall–Kier alpha value is -5.49. The van der Waals surface area contributed by atoms with Gasteiger partial charge in [-0.1, -0.05) is 155 Å². The van der Waals surface area contributed by atoms with Gasteiger partial charge in [-0.15, -0.1) is 47.3 Å².